The van der Waals surface area contributed by atoms with Gasteiger partial charge in [-0.1, -0.05) is 13.8 Å². The summed E-state index contributed by atoms with van der Waals surface area (Å²) in [6.45, 7) is 3.14. The number of aliphatic carboxylic acids is 2. The lowest BCUT2D eigenvalue weighted by atomic mass is 10.3. The summed E-state index contributed by atoms with van der Waals surface area (Å²) < 4.78 is 29.1. The van der Waals surface area contributed by atoms with Crippen LogP contribution in [0.25, 0.3) is 0 Å². The minimum Gasteiger partial charge on any atom is -0.480 e. The van der Waals surface area contributed by atoms with Crippen LogP contribution < -0.4 is 0 Å². The molecular weight excluding hydrogens is 304 g/mol. The number of carbonyl (C=O) groups is 2. The van der Waals surface area contributed by atoms with Gasteiger partial charge in [-0.15, -0.1) is 23.5 Å². The molecule has 0 fully saturated rings. The van der Waals surface area contributed by atoms with E-state index >= 15 is 0 Å². The Balaban J connectivity index is 5.92. The van der Waals surface area contributed by atoms with Crippen LogP contribution in [0.3, 0.4) is 0 Å². The van der Waals surface area contributed by atoms with Crippen LogP contribution in [-0.2, 0) is 19.7 Å². The Morgan fingerprint density at radius 2 is 1.56 bits per heavy atom. The first-order valence-corrected chi connectivity index (χ1v) is 8.31. The topological polar surface area (TPSA) is 129 Å². The Hall–Kier alpha value is -0.450. The van der Waals surface area contributed by atoms with Gasteiger partial charge in [0.25, 0.3) is 10.1 Å². The quantitative estimate of drug-likeness (QED) is 0.435. The van der Waals surface area contributed by atoms with E-state index in [4.69, 9.17) is 9.66 Å². The van der Waals surface area contributed by atoms with Crippen molar-refractivity contribution in [2.75, 3.05) is 11.5 Å². The van der Waals surface area contributed by atoms with Gasteiger partial charge in [0.05, 0.1) is 0 Å². The molecule has 0 saturated heterocycles. The van der Waals surface area contributed by atoms with Crippen molar-refractivity contribution in [3.05, 3.63) is 0 Å². The molecule has 0 aromatic heterocycles. The van der Waals surface area contributed by atoms with Crippen molar-refractivity contribution in [1.82, 2.24) is 0 Å². The van der Waals surface area contributed by atoms with Gasteiger partial charge in [0, 0.05) is 0 Å². The fourth-order valence-corrected chi connectivity index (χ4v) is 5.88. The number of carboxylic acids is 2. The van der Waals surface area contributed by atoms with Gasteiger partial charge in [0.1, 0.15) is 0 Å². The molecule has 0 saturated carbocycles. The lowest BCUT2D eigenvalue weighted by molar-refractivity contribution is -0.143. The van der Waals surface area contributed by atoms with E-state index in [0.717, 1.165) is 0 Å². The lowest BCUT2D eigenvalue weighted by Gasteiger charge is -2.31. The first kappa shape index (κ1) is 17.6. The second-order valence-electron chi connectivity index (χ2n) is 3.07. The zero-order valence-corrected chi connectivity index (χ0v) is 12.1. The molecule has 0 aromatic rings. The maximum Gasteiger partial charge on any atom is 0.332 e. The minimum absolute atomic E-state index is 0.193. The summed E-state index contributed by atoms with van der Waals surface area (Å²) in [5, 5.41) is 15.7. The molecule has 0 bridgehead atoms. The molecule has 0 aromatic carbocycles. The van der Waals surface area contributed by atoms with E-state index in [1.807, 2.05) is 0 Å². The smallest absolute Gasteiger partial charge is 0.332 e. The monoisotopic (exact) mass is 318 g/mol. The molecule has 1 atom stereocenters. The molecule has 18 heavy (non-hydrogen) atoms. The summed E-state index contributed by atoms with van der Waals surface area (Å²) in [4.78, 5) is 22.3. The van der Waals surface area contributed by atoms with E-state index in [1.54, 1.807) is 13.8 Å². The predicted octanol–water partition coefficient (Wildman–Crippen LogP) is 0.615. The molecular formula is C8H14O7S3. The molecule has 0 spiro atoms. The molecule has 10 heteroatoms. The summed E-state index contributed by atoms with van der Waals surface area (Å²) in [6.07, 6.45) is 0. The van der Waals surface area contributed by atoms with Gasteiger partial charge in [-0.2, -0.15) is 8.42 Å². The van der Waals surface area contributed by atoms with Crippen molar-refractivity contribution >= 4 is 45.6 Å². The van der Waals surface area contributed by atoms with Crippen molar-refractivity contribution in [3.8, 4) is 0 Å². The third-order valence-electron chi connectivity index (χ3n) is 1.88. The Kier molecular flexibility index (Phi) is 6.47. The van der Waals surface area contributed by atoms with E-state index in [1.165, 1.54) is 0 Å². The number of carboxylic acid groups (broad SMARTS) is 2. The Morgan fingerprint density at radius 1 is 1.17 bits per heavy atom. The first-order chi connectivity index (χ1) is 8.13. The minimum atomic E-state index is -5.03. The SMILES string of the molecule is CCSC(SCC)(C(=O)O)C(C(=O)O)S(=O)(=O)O. The van der Waals surface area contributed by atoms with Crippen LogP contribution in [0.1, 0.15) is 13.8 Å². The molecule has 7 nitrogen and oxygen atoms in total. The van der Waals surface area contributed by atoms with Crippen molar-refractivity contribution in [2.45, 2.75) is 23.2 Å². The fraction of sp³-hybridized carbons (Fsp3) is 0.750. The number of hydrogen-bond acceptors (Lipinski definition) is 6. The Labute approximate surface area is 113 Å². The van der Waals surface area contributed by atoms with Crippen LogP contribution >= 0.6 is 23.5 Å². The van der Waals surface area contributed by atoms with Gasteiger partial charge in [0.15, 0.2) is 4.08 Å². The summed E-state index contributed by atoms with van der Waals surface area (Å²) >= 11 is 1.33. The van der Waals surface area contributed by atoms with Crippen LogP contribution in [0, 0.1) is 0 Å². The zero-order valence-electron chi connectivity index (χ0n) is 9.69. The highest BCUT2D eigenvalue weighted by Crippen LogP contribution is 2.43. The summed E-state index contributed by atoms with van der Waals surface area (Å²) in [5.41, 5.74) is 0. The molecule has 0 heterocycles. The predicted molar refractivity (Wildman–Crippen MR) is 69.6 cm³/mol. The summed E-state index contributed by atoms with van der Waals surface area (Å²) in [6, 6.07) is 0. The van der Waals surface area contributed by atoms with Crippen molar-refractivity contribution in [1.29, 1.82) is 0 Å². The van der Waals surface area contributed by atoms with Crippen LogP contribution in [0.4, 0.5) is 0 Å². The summed E-state index contributed by atoms with van der Waals surface area (Å²) in [5.74, 6) is -3.09. The highest BCUT2D eigenvalue weighted by molar-refractivity contribution is 8.20. The standard InChI is InChI=1S/C8H14O7S3/c1-3-16-8(7(11)12,17-4-2)5(6(9)10)18(13,14)15/h5H,3-4H2,1-2H3,(H,9,10)(H,11,12)(H,13,14,15). The van der Waals surface area contributed by atoms with Gasteiger partial charge < -0.3 is 10.2 Å². The van der Waals surface area contributed by atoms with Gasteiger partial charge in [0.2, 0.25) is 5.25 Å². The molecule has 106 valence electrons. The van der Waals surface area contributed by atoms with E-state index < -0.39 is 31.4 Å². The largest absolute Gasteiger partial charge is 0.480 e. The number of rotatable bonds is 8. The van der Waals surface area contributed by atoms with Crippen molar-refractivity contribution < 1.29 is 32.8 Å². The highest BCUT2D eigenvalue weighted by atomic mass is 32.2. The highest BCUT2D eigenvalue weighted by Gasteiger charge is 2.57. The third kappa shape index (κ3) is 3.77. The Morgan fingerprint density at radius 3 is 1.72 bits per heavy atom. The van der Waals surface area contributed by atoms with Crippen LogP contribution in [-0.4, -0.2) is 56.0 Å². The average Bonchev–Trinajstić information content (AvgIpc) is 2.14. The van der Waals surface area contributed by atoms with Crippen LogP contribution in [0.5, 0.6) is 0 Å². The van der Waals surface area contributed by atoms with E-state index in [9.17, 15) is 23.1 Å². The zero-order chi connectivity index (χ0) is 14.6. The number of hydrogen-bond donors (Lipinski definition) is 3. The van der Waals surface area contributed by atoms with Gasteiger partial charge in [-0.25, -0.2) is 4.79 Å². The van der Waals surface area contributed by atoms with Gasteiger partial charge >= 0.3 is 11.9 Å². The first-order valence-electron chi connectivity index (χ1n) is 4.83. The molecule has 0 radical (unpaired) electrons. The van der Waals surface area contributed by atoms with Crippen molar-refractivity contribution in [3.63, 3.8) is 0 Å². The summed E-state index contributed by atoms with van der Waals surface area (Å²) in [7, 11) is -5.03. The van der Waals surface area contributed by atoms with Crippen LogP contribution in [0.15, 0.2) is 0 Å². The molecule has 0 rings (SSSR count). The van der Waals surface area contributed by atoms with Crippen molar-refractivity contribution in [2.24, 2.45) is 0 Å². The fourth-order valence-electron chi connectivity index (χ4n) is 1.34. The maximum atomic E-state index is 11.3. The van der Waals surface area contributed by atoms with Crippen LogP contribution in [0.2, 0.25) is 0 Å². The Bertz CT molecular complexity index is 410. The number of thioether (sulfide) groups is 2. The second kappa shape index (κ2) is 6.64. The lowest BCUT2D eigenvalue weighted by Crippen LogP contribution is -2.52. The van der Waals surface area contributed by atoms with E-state index in [0.29, 0.717) is 23.5 Å². The molecule has 0 aliphatic rings. The molecule has 0 aliphatic carbocycles. The normalized spacial score (nSPS) is 14.2. The van der Waals surface area contributed by atoms with Gasteiger partial charge in [-0.05, 0) is 11.5 Å². The second-order valence-corrected chi connectivity index (χ2v) is 7.85. The van der Waals surface area contributed by atoms with E-state index in [-0.39, 0.29) is 11.5 Å². The molecule has 0 aliphatic heterocycles. The average molecular weight is 318 g/mol. The molecule has 1 unspecified atom stereocenters. The van der Waals surface area contributed by atoms with E-state index in [2.05, 4.69) is 0 Å². The third-order valence-corrected chi connectivity index (χ3v) is 6.30. The molecule has 3 N–H and O–H groups in total. The van der Waals surface area contributed by atoms with Gasteiger partial charge in [-0.3, -0.25) is 9.35 Å². The molecule has 0 amide bonds. The maximum absolute atomic E-state index is 11.3.